The number of esters is 4. The second kappa shape index (κ2) is 67.6. The van der Waals surface area contributed by atoms with Crippen molar-refractivity contribution in [3.05, 3.63) is 0 Å². The Balaban J connectivity index is 5.10. The van der Waals surface area contributed by atoms with Gasteiger partial charge in [0.15, 0.2) is 12.2 Å². The number of unbranched alkanes of at least 4 members (excludes halogenated alkanes) is 48. The second-order valence-electron chi connectivity index (χ2n) is 26.3. The zero-order valence-electron chi connectivity index (χ0n) is 59.5. The summed E-state index contributed by atoms with van der Waals surface area (Å²) in [6.07, 6.45) is 57.5. The van der Waals surface area contributed by atoms with Gasteiger partial charge < -0.3 is 33.8 Å². The Hall–Kier alpha value is -1.94. The second-order valence-corrected chi connectivity index (χ2v) is 29.2. The zero-order valence-corrected chi connectivity index (χ0v) is 61.3. The summed E-state index contributed by atoms with van der Waals surface area (Å²) in [6.45, 7) is 4.86. The molecule has 92 heavy (non-hydrogen) atoms. The van der Waals surface area contributed by atoms with E-state index in [4.69, 9.17) is 37.0 Å². The molecule has 0 saturated heterocycles. The fraction of sp³-hybridized carbons (Fsp3) is 0.945. The maximum atomic E-state index is 13.1. The van der Waals surface area contributed by atoms with Gasteiger partial charge in [0.2, 0.25) is 0 Å². The van der Waals surface area contributed by atoms with Crippen molar-refractivity contribution in [3.63, 3.8) is 0 Å². The van der Waals surface area contributed by atoms with E-state index in [2.05, 4.69) is 27.7 Å². The Labute approximate surface area is 562 Å². The fourth-order valence-electron chi connectivity index (χ4n) is 11.2. The summed E-state index contributed by atoms with van der Waals surface area (Å²) in [6, 6.07) is 0. The van der Waals surface area contributed by atoms with Crippen molar-refractivity contribution < 1.29 is 80.2 Å². The highest BCUT2D eigenvalue weighted by Gasteiger charge is 2.30. The molecular formula is C73H142O17P2. The van der Waals surface area contributed by atoms with Crippen LogP contribution in [0.1, 0.15) is 387 Å². The van der Waals surface area contributed by atoms with E-state index in [1.165, 1.54) is 212 Å². The minimum atomic E-state index is -4.95. The molecule has 0 aliphatic rings. The standard InChI is InChI=1S/C73H142O17P2/c1-5-9-13-17-20-23-25-27-29-31-33-34-36-38-40-42-45-48-52-56-60-73(78)90-69(64-84-71(76)58-54-50-46-44-41-39-37-35-32-30-28-26-24-21-18-14-10-6-2)66-88-92(81,82)86-62-67(74)61-85-91(79,80)87-65-68(63-83-70(75)57-53-49-16-12-8-4)89-72(77)59-55-51-47-43-22-19-15-11-7-3/h67-69,74H,5-66H2,1-4H3,(H,79,80)(H,81,82)/t67-,68+,69+/m0/s1. The van der Waals surface area contributed by atoms with E-state index < -0.39 is 97.5 Å². The van der Waals surface area contributed by atoms with E-state index >= 15 is 0 Å². The molecule has 17 nitrogen and oxygen atoms in total. The van der Waals surface area contributed by atoms with Crippen LogP contribution in [0.2, 0.25) is 0 Å². The van der Waals surface area contributed by atoms with Gasteiger partial charge in [-0.2, -0.15) is 0 Å². The number of hydrogen-bond donors (Lipinski definition) is 3. The SMILES string of the molecule is CCCCCCCCCCCCCCCCCCCCCCC(=O)O[C@H](COC(=O)CCCCCCCCCCCCCCCCCCCC)COP(=O)(O)OC[C@@H](O)COP(=O)(O)OC[C@@H](COC(=O)CCCCCCC)OC(=O)CCCCCCCCCCC. The molecule has 0 aromatic carbocycles. The quantitative estimate of drug-likeness (QED) is 0.0222. The first-order chi connectivity index (χ1) is 44.7. The fourth-order valence-corrected chi connectivity index (χ4v) is 12.8. The van der Waals surface area contributed by atoms with Gasteiger partial charge in [0.05, 0.1) is 26.4 Å². The molecule has 3 N–H and O–H groups in total. The Kier molecular flexibility index (Phi) is 66.2. The van der Waals surface area contributed by atoms with Gasteiger partial charge in [-0.3, -0.25) is 37.3 Å². The number of ether oxygens (including phenoxy) is 4. The van der Waals surface area contributed by atoms with E-state index in [1.807, 2.05) is 0 Å². The molecule has 0 fully saturated rings. The predicted molar refractivity (Wildman–Crippen MR) is 372 cm³/mol. The van der Waals surface area contributed by atoms with Gasteiger partial charge in [-0.25, -0.2) is 9.13 Å². The van der Waals surface area contributed by atoms with Gasteiger partial charge in [0.1, 0.15) is 19.3 Å². The third-order valence-corrected chi connectivity index (χ3v) is 19.0. The van der Waals surface area contributed by atoms with E-state index in [1.54, 1.807) is 0 Å². The van der Waals surface area contributed by atoms with Crippen LogP contribution < -0.4 is 0 Å². The van der Waals surface area contributed by atoms with Crippen LogP contribution in [0.3, 0.4) is 0 Å². The Morgan fingerprint density at radius 2 is 0.435 bits per heavy atom. The summed E-state index contributed by atoms with van der Waals surface area (Å²) >= 11 is 0. The largest absolute Gasteiger partial charge is 0.472 e. The maximum absolute atomic E-state index is 13.1. The molecule has 0 radical (unpaired) electrons. The molecular weight excluding hydrogens is 1210 g/mol. The van der Waals surface area contributed by atoms with Gasteiger partial charge in [-0.1, -0.05) is 336 Å². The van der Waals surface area contributed by atoms with E-state index in [0.717, 1.165) is 96.3 Å². The molecule has 0 aromatic rings. The van der Waals surface area contributed by atoms with Gasteiger partial charge in [-0.05, 0) is 25.7 Å². The van der Waals surface area contributed by atoms with Gasteiger partial charge in [-0.15, -0.1) is 0 Å². The number of aliphatic hydroxyl groups excluding tert-OH is 1. The van der Waals surface area contributed by atoms with E-state index in [-0.39, 0.29) is 25.7 Å². The minimum Gasteiger partial charge on any atom is -0.462 e. The smallest absolute Gasteiger partial charge is 0.462 e. The predicted octanol–water partition coefficient (Wildman–Crippen LogP) is 21.4. The highest BCUT2D eigenvalue weighted by molar-refractivity contribution is 7.47. The van der Waals surface area contributed by atoms with Crippen LogP contribution in [0.5, 0.6) is 0 Å². The highest BCUT2D eigenvalue weighted by Crippen LogP contribution is 2.45. The van der Waals surface area contributed by atoms with Crippen LogP contribution >= 0.6 is 15.6 Å². The lowest BCUT2D eigenvalue weighted by atomic mass is 10.0. The summed E-state index contributed by atoms with van der Waals surface area (Å²) in [7, 11) is -9.89. The molecule has 5 atom stereocenters. The number of carbonyl (C=O) groups is 4. The number of rotatable bonds is 74. The van der Waals surface area contributed by atoms with Crippen LogP contribution in [0.15, 0.2) is 0 Å². The van der Waals surface area contributed by atoms with Crippen molar-refractivity contribution >= 4 is 39.5 Å². The number of phosphoric acid groups is 2. The van der Waals surface area contributed by atoms with Crippen LogP contribution in [-0.4, -0.2) is 96.7 Å². The first kappa shape index (κ1) is 90.1. The third kappa shape index (κ3) is 66.7. The average Bonchev–Trinajstić information content (AvgIpc) is 3.28. The lowest BCUT2D eigenvalue weighted by Gasteiger charge is -2.21. The Morgan fingerprint density at radius 1 is 0.261 bits per heavy atom. The van der Waals surface area contributed by atoms with Gasteiger partial charge in [0.25, 0.3) is 0 Å². The summed E-state index contributed by atoms with van der Waals surface area (Å²) in [4.78, 5) is 72.3. The molecule has 0 aromatic heterocycles. The molecule has 0 bridgehead atoms. The normalized spacial score (nSPS) is 13.9. The molecule has 0 saturated carbocycles. The van der Waals surface area contributed by atoms with Crippen molar-refractivity contribution in [3.8, 4) is 0 Å². The van der Waals surface area contributed by atoms with Crippen LogP contribution in [0.25, 0.3) is 0 Å². The summed E-state index contributed by atoms with van der Waals surface area (Å²) < 4.78 is 68.1. The molecule has 0 spiro atoms. The number of carbonyl (C=O) groups excluding carboxylic acids is 4. The summed E-state index contributed by atoms with van der Waals surface area (Å²) in [5.41, 5.74) is 0. The highest BCUT2D eigenvalue weighted by atomic mass is 31.2. The van der Waals surface area contributed by atoms with Crippen molar-refractivity contribution in [2.45, 2.75) is 406 Å². The lowest BCUT2D eigenvalue weighted by Crippen LogP contribution is -2.30. The Bertz CT molecular complexity index is 1760. The summed E-state index contributed by atoms with van der Waals surface area (Å²) in [5.74, 6) is -2.13. The Morgan fingerprint density at radius 3 is 0.641 bits per heavy atom. The summed E-state index contributed by atoms with van der Waals surface area (Å²) in [5, 5.41) is 10.6. The molecule has 2 unspecified atom stereocenters. The van der Waals surface area contributed by atoms with Crippen LogP contribution in [0.4, 0.5) is 0 Å². The third-order valence-electron chi connectivity index (χ3n) is 17.1. The van der Waals surface area contributed by atoms with Gasteiger partial charge in [0, 0.05) is 25.7 Å². The van der Waals surface area contributed by atoms with Crippen LogP contribution in [-0.2, 0) is 65.4 Å². The maximum Gasteiger partial charge on any atom is 0.472 e. The van der Waals surface area contributed by atoms with Crippen molar-refractivity contribution in [1.82, 2.24) is 0 Å². The molecule has 0 aliphatic carbocycles. The molecule has 0 aliphatic heterocycles. The van der Waals surface area contributed by atoms with Crippen molar-refractivity contribution in [2.24, 2.45) is 0 Å². The molecule has 546 valence electrons. The first-order valence-corrected chi connectivity index (χ1v) is 41.3. The van der Waals surface area contributed by atoms with E-state index in [0.29, 0.717) is 25.7 Å². The monoisotopic (exact) mass is 1350 g/mol. The van der Waals surface area contributed by atoms with Crippen molar-refractivity contribution in [2.75, 3.05) is 39.6 Å². The molecule has 0 heterocycles. The van der Waals surface area contributed by atoms with Crippen molar-refractivity contribution in [1.29, 1.82) is 0 Å². The zero-order chi connectivity index (χ0) is 67.5. The minimum absolute atomic E-state index is 0.105. The molecule has 0 rings (SSSR count). The number of hydrogen-bond acceptors (Lipinski definition) is 15. The molecule has 19 heteroatoms. The number of phosphoric ester groups is 2. The topological polar surface area (TPSA) is 237 Å². The van der Waals surface area contributed by atoms with E-state index in [9.17, 15) is 43.2 Å². The first-order valence-electron chi connectivity index (χ1n) is 38.3. The number of aliphatic hydroxyl groups is 1. The van der Waals surface area contributed by atoms with Crippen LogP contribution in [0, 0.1) is 0 Å². The lowest BCUT2D eigenvalue weighted by molar-refractivity contribution is -0.161. The molecule has 0 amide bonds. The average molecular weight is 1350 g/mol. The van der Waals surface area contributed by atoms with Gasteiger partial charge >= 0.3 is 39.5 Å².